The van der Waals surface area contributed by atoms with Crippen LogP contribution in [0.1, 0.15) is 23.9 Å². The van der Waals surface area contributed by atoms with Crippen LogP contribution in [0.25, 0.3) is 11.0 Å². The number of aromatic nitrogens is 2. The molecular formula is C24H23N3O2. The van der Waals surface area contributed by atoms with E-state index in [0.717, 1.165) is 28.2 Å². The molecule has 5 heteroatoms. The lowest BCUT2D eigenvalue weighted by Crippen LogP contribution is -2.31. The van der Waals surface area contributed by atoms with Gasteiger partial charge in [0.1, 0.15) is 11.6 Å². The maximum atomic E-state index is 12.6. The van der Waals surface area contributed by atoms with Gasteiger partial charge in [0.05, 0.1) is 30.1 Å². The number of ether oxygens (including phenoxy) is 1. The van der Waals surface area contributed by atoms with E-state index in [-0.39, 0.29) is 18.4 Å². The number of imidazole rings is 1. The standard InChI is InChI=1S/C24H23N3O2/c28-23(15-16-29-19-11-5-2-6-12-19)25-22(17-18-9-3-1-4-10-18)24-26-20-13-7-8-14-21(20)27-24/h1-14,22H,15-17H2,(H,25,28)(H,26,27)/t22-/m0/s1. The number of nitrogens with zero attached hydrogens (tertiary/aromatic N) is 1. The lowest BCUT2D eigenvalue weighted by Gasteiger charge is -2.17. The first-order chi connectivity index (χ1) is 14.3. The smallest absolute Gasteiger partial charge is 0.224 e. The number of carbonyl (C=O) groups is 1. The predicted molar refractivity (Wildman–Crippen MR) is 114 cm³/mol. The second-order valence-corrected chi connectivity index (χ2v) is 6.86. The van der Waals surface area contributed by atoms with Crippen molar-refractivity contribution in [1.82, 2.24) is 15.3 Å². The second-order valence-electron chi connectivity index (χ2n) is 6.86. The minimum atomic E-state index is -0.242. The zero-order valence-electron chi connectivity index (χ0n) is 16.0. The van der Waals surface area contributed by atoms with Crippen LogP contribution >= 0.6 is 0 Å². The van der Waals surface area contributed by atoms with Crippen LogP contribution in [0.5, 0.6) is 5.75 Å². The predicted octanol–water partition coefficient (Wildman–Crippen LogP) is 4.43. The molecule has 1 atom stereocenters. The van der Waals surface area contributed by atoms with Gasteiger partial charge in [0.15, 0.2) is 0 Å². The fourth-order valence-corrected chi connectivity index (χ4v) is 3.25. The minimum absolute atomic E-state index is 0.0673. The zero-order valence-corrected chi connectivity index (χ0v) is 16.0. The summed E-state index contributed by atoms with van der Waals surface area (Å²) in [6, 6.07) is 27.2. The van der Waals surface area contributed by atoms with Crippen molar-refractivity contribution < 1.29 is 9.53 Å². The Morgan fingerprint density at radius 2 is 1.62 bits per heavy atom. The van der Waals surface area contributed by atoms with Crippen LogP contribution in [0.2, 0.25) is 0 Å². The van der Waals surface area contributed by atoms with Crippen LogP contribution in [0.3, 0.4) is 0 Å². The molecule has 0 unspecified atom stereocenters. The van der Waals surface area contributed by atoms with E-state index in [1.165, 1.54) is 0 Å². The van der Waals surface area contributed by atoms with Gasteiger partial charge >= 0.3 is 0 Å². The number of para-hydroxylation sites is 3. The van der Waals surface area contributed by atoms with Crippen molar-refractivity contribution in [3.63, 3.8) is 0 Å². The molecule has 1 amide bonds. The van der Waals surface area contributed by atoms with Crippen LogP contribution in [0.15, 0.2) is 84.9 Å². The number of hydrogen-bond donors (Lipinski definition) is 2. The largest absolute Gasteiger partial charge is 0.493 e. The molecule has 0 aliphatic heterocycles. The fraction of sp³-hybridized carbons (Fsp3) is 0.167. The topological polar surface area (TPSA) is 67.0 Å². The Morgan fingerprint density at radius 3 is 2.38 bits per heavy atom. The molecule has 0 fully saturated rings. The molecule has 2 N–H and O–H groups in total. The highest BCUT2D eigenvalue weighted by atomic mass is 16.5. The number of H-pyrrole nitrogens is 1. The number of fused-ring (bicyclic) bond motifs is 1. The Bertz CT molecular complexity index is 1030. The van der Waals surface area contributed by atoms with E-state index >= 15 is 0 Å². The van der Waals surface area contributed by atoms with Crippen LogP contribution in [-0.2, 0) is 11.2 Å². The third-order valence-corrected chi connectivity index (χ3v) is 4.70. The lowest BCUT2D eigenvalue weighted by molar-refractivity contribution is -0.122. The number of amides is 1. The minimum Gasteiger partial charge on any atom is -0.493 e. The molecule has 1 aromatic heterocycles. The van der Waals surface area contributed by atoms with Crippen LogP contribution in [0.4, 0.5) is 0 Å². The van der Waals surface area contributed by atoms with Crippen LogP contribution < -0.4 is 10.1 Å². The maximum Gasteiger partial charge on any atom is 0.224 e. The molecule has 0 saturated carbocycles. The lowest BCUT2D eigenvalue weighted by atomic mass is 10.1. The zero-order chi connectivity index (χ0) is 19.9. The molecule has 0 bridgehead atoms. The van der Waals surface area contributed by atoms with Crippen LogP contribution in [0, 0.1) is 0 Å². The summed E-state index contributed by atoms with van der Waals surface area (Å²) in [5.74, 6) is 1.45. The van der Waals surface area contributed by atoms with Gasteiger partial charge in [-0.15, -0.1) is 0 Å². The summed E-state index contributed by atoms with van der Waals surface area (Å²) >= 11 is 0. The second kappa shape index (κ2) is 9.06. The molecule has 5 nitrogen and oxygen atoms in total. The molecule has 0 aliphatic carbocycles. The first-order valence-corrected chi connectivity index (χ1v) is 9.74. The van der Waals surface area contributed by atoms with Crippen molar-refractivity contribution >= 4 is 16.9 Å². The van der Waals surface area contributed by atoms with E-state index in [1.807, 2.05) is 72.8 Å². The van der Waals surface area contributed by atoms with Gasteiger partial charge in [-0.1, -0.05) is 60.7 Å². The molecule has 29 heavy (non-hydrogen) atoms. The SMILES string of the molecule is O=C(CCOc1ccccc1)N[C@@H](Cc1ccccc1)c1nc2ccccc2[nH]1. The summed E-state index contributed by atoms with van der Waals surface area (Å²) in [6.07, 6.45) is 0.937. The van der Waals surface area contributed by atoms with Crippen LogP contribution in [-0.4, -0.2) is 22.5 Å². The number of benzene rings is 3. The molecule has 4 aromatic rings. The van der Waals surface area contributed by atoms with Crippen molar-refractivity contribution in [2.75, 3.05) is 6.61 Å². The molecule has 0 saturated heterocycles. The average molecular weight is 385 g/mol. The van der Waals surface area contributed by atoms with Gasteiger partial charge in [0.25, 0.3) is 0 Å². The van der Waals surface area contributed by atoms with E-state index in [2.05, 4.69) is 27.4 Å². The number of aromatic amines is 1. The molecule has 4 rings (SSSR count). The Morgan fingerprint density at radius 1 is 0.931 bits per heavy atom. The highest BCUT2D eigenvalue weighted by Crippen LogP contribution is 2.20. The van der Waals surface area contributed by atoms with E-state index in [0.29, 0.717) is 13.0 Å². The Kier molecular flexibility index (Phi) is 5.86. The summed E-state index contributed by atoms with van der Waals surface area (Å²) in [5.41, 5.74) is 2.99. The quantitative estimate of drug-likeness (QED) is 0.471. The highest BCUT2D eigenvalue weighted by molar-refractivity contribution is 5.77. The van der Waals surface area contributed by atoms with E-state index < -0.39 is 0 Å². The van der Waals surface area contributed by atoms with Crippen molar-refractivity contribution in [2.24, 2.45) is 0 Å². The van der Waals surface area contributed by atoms with E-state index in [1.54, 1.807) is 0 Å². The van der Waals surface area contributed by atoms with E-state index in [9.17, 15) is 4.79 Å². The summed E-state index contributed by atoms with van der Waals surface area (Å²) in [7, 11) is 0. The van der Waals surface area contributed by atoms with Crippen molar-refractivity contribution in [2.45, 2.75) is 18.9 Å². The average Bonchev–Trinajstić information content (AvgIpc) is 3.19. The summed E-state index contributed by atoms with van der Waals surface area (Å²) < 4.78 is 5.65. The highest BCUT2D eigenvalue weighted by Gasteiger charge is 2.19. The third-order valence-electron chi connectivity index (χ3n) is 4.70. The van der Waals surface area contributed by atoms with Gasteiger partial charge < -0.3 is 15.0 Å². The Labute approximate surface area is 169 Å². The Hall–Kier alpha value is -3.60. The van der Waals surface area contributed by atoms with Crippen molar-refractivity contribution in [3.05, 3.63) is 96.3 Å². The molecule has 1 heterocycles. The first-order valence-electron chi connectivity index (χ1n) is 9.74. The Balaban J connectivity index is 1.45. The number of hydrogen-bond acceptors (Lipinski definition) is 3. The van der Waals surface area contributed by atoms with Crippen molar-refractivity contribution in [1.29, 1.82) is 0 Å². The molecule has 0 radical (unpaired) electrons. The first kappa shape index (κ1) is 18.7. The van der Waals surface area contributed by atoms with Gasteiger partial charge in [0, 0.05) is 0 Å². The van der Waals surface area contributed by atoms with Gasteiger partial charge in [-0.05, 0) is 36.2 Å². The third kappa shape index (κ3) is 5.02. The number of carbonyl (C=O) groups excluding carboxylic acids is 1. The molecule has 0 spiro atoms. The van der Waals surface area contributed by atoms with Gasteiger partial charge in [0.2, 0.25) is 5.91 Å². The monoisotopic (exact) mass is 385 g/mol. The van der Waals surface area contributed by atoms with E-state index in [4.69, 9.17) is 4.74 Å². The number of nitrogens with one attached hydrogen (secondary N) is 2. The molecule has 146 valence electrons. The van der Waals surface area contributed by atoms with Gasteiger partial charge in [-0.2, -0.15) is 0 Å². The molecule has 0 aliphatic rings. The van der Waals surface area contributed by atoms with Gasteiger partial charge in [-0.25, -0.2) is 4.98 Å². The number of rotatable bonds is 8. The summed E-state index contributed by atoms with van der Waals surface area (Å²) in [5, 5.41) is 3.12. The summed E-state index contributed by atoms with van der Waals surface area (Å²) in [6.45, 7) is 0.327. The normalized spacial score (nSPS) is 11.9. The van der Waals surface area contributed by atoms with Crippen molar-refractivity contribution in [3.8, 4) is 5.75 Å². The fourth-order valence-electron chi connectivity index (χ4n) is 3.25. The molecule has 3 aromatic carbocycles. The maximum absolute atomic E-state index is 12.6. The van der Waals surface area contributed by atoms with Gasteiger partial charge in [-0.3, -0.25) is 4.79 Å². The molecular weight excluding hydrogens is 362 g/mol. The summed E-state index contributed by atoms with van der Waals surface area (Å²) in [4.78, 5) is 20.6.